The molecule has 6 nitrogen and oxygen atoms in total. The summed E-state index contributed by atoms with van der Waals surface area (Å²) in [5, 5.41) is 12.7. The standard InChI is InChI=1S/C9H9ClN4O2/c1-5-2-6(14-16-5)3-11-7-4-12-13-9(15)8(7)10/h2,4H,3H2,1H3,(H2,11,13,15). The fraction of sp³-hybridized carbons (Fsp3) is 0.222. The van der Waals surface area contributed by atoms with Crippen LogP contribution in [0.15, 0.2) is 21.6 Å². The quantitative estimate of drug-likeness (QED) is 0.846. The number of aryl methyl sites for hydroxylation is 1. The lowest BCUT2D eigenvalue weighted by molar-refractivity contribution is 0.391. The molecule has 0 aliphatic heterocycles. The van der Waals surface area contributed by atoms with Crippen LogP contribution < -0.4 is 10.9 Å². The van der Waals surface area contributed by atoms with Crippen molar-refractivity contribution in [3.63, 3.8) is 0 Å². The molecule has 0 atom stereocenters. The van der Waals surface area contributed by atoms with Gasteiger partial charge in [-0.15, -0.1) is 0 Å². The van der Waals surface area contributed by atoms with Gasteiger partial charge in [0.1, 0.15) is 16.5 Å². The van der Waals surface area contributed by atoms with Crippen LogP contribution in [0.3, 0.4) is 0 Å². The number of hydrogen-bond acceptors (Lipinski definition) is 5. The van der Waals surface area contributed by atoms with Crippen molar-refractivity contribution in [2.24, 2.45) is 0 Å². The van der Waals surface area contributed by atoms with Crippen molar-refractivity contribution in [2.45, 2.75) is 13.5 Å². The predicted molar refractivity (Wildman–Crippen MR) is 58.4 cm³/mol. The Hall–Kier alpha value is -1.82. The summed E-state index contributed by atoms with van der Waals surface area (Å²) in [6.45, 7) is 2.22. The number of anilines is 1. The molecule has 0 aromatic carbocycles. The average Bonchev–Trinajstić information content (AvgIpc) is 2.67. The van der Waals surface area contributed by atoms with E-state index in [4.69, 9.17) is 16.1 Å². The maximum absolute atomic E-state index is 11.1. The van der Waals surface area contributed by atoms with E-state index in [1.807, 2.05) is 0 Å². The zero-order valence-electron chi connectivity index (χ0n) is 8.45. The van der Waals surface area contributed by atoms with E-state index in [2.05, 4.69) is 20.7 Å². The lowest BCUT2D eigenvalue weighted by Crippen LogP contribution is -2.11. The van der Waals surface area contributed by atoms with E-state index in [0.717, 1.165) is 11.5 Å². The first kappa shape index (κ1) is 10.7. The van der Waals surface area contributed by atoms with Crippen molar-refractivity contribution < 1.29 is 4.52 Å². The highest BCUT2D eigenvalue weighted by molar-refractivity contribution is 6.32. The van der Waals surface area contributed by atoms with Gasteiger partial charge in [-0.05, 0) is 6.92 Å². The molecule has 84 valence electrons. The Labute approximate surface area is 95.6 Å². The van der Waals surface area contributed by atoms with Gasteiger partial charge in [0.25, 0.3) is 5.56 Å². The number of nitrogens with zero attached hydrogens (tertiary/aromatic N) is 2. The number of rotatable bonds is 3. The molecule has 2 rings (SSSR count). The van der Waals surface area contributed by atoms with Crippen LogP contribution in [0.5, 0.6) is 0 Å². The molecular formula is C9H9ClN4O2. The second-order valence-corrected chi connectivity index (χ2v) is 3.59. The zero-order chi connectivity index (χ0) is 11.5. The van der Waals surface area contributed by atoms with Crippen molar-refractivity contribution in [3.8, 4) is 0 Å². The second-order valence-electron chi connectivity index (χ2n) is 3.21. The van der Waals surface area contributed by atoms with Crippen LogP contribution in [0.2, 0.25) is 5.02 Å². The predicted octanol–water partition coefficient (Wildman–Crippen LogP) is 1.33. The van der Waals surface area contributed by atoms with E-state index in [-0.39, 0.29) is 5.02 Å². The Kier molecular flexibility index (Phi) is 2.91. The third-order valence-corrected chi connectivity index (χ3v) is 2.31. The molecule has 16 heavy (non-hydrogen) atoms. The molecule has 2 aromatic heterocycles. The third kappa shape index (κ3) is 2.22. The van der Waals surface area contributed by atoms with Crippen LogP contribution in [0.4, 0.5) is 5.69 Å². The first-order valence-corrected chi connectivity index (χ1v) is 4.94. The fourth-order valence-corrected chi connectivity index (χ4v) is 1.35. The molecule has 0 radical (unpaired) electrons. The molecule has 0 saturated heterocycles. The smallest absolute Gasteiger partial charge is 0.285 e. The van der Waals surface area contributed by atoms with Gasteiger partial charge < -0.3 is 9.84 Å². The fourth-order valence-electron chi connectivity index (χ4n) is 1.19. The van der Waals surface area contributed by atoms with E-state index in [1.165, 1.54) is 6.20 Å². The van der Waals surface area contributed by atoms with Crippen molar-refractivity contribution in [1.29, 1.82) is 0 Å². The van der Waals surface area contributed by atoms with Gasteiger partial charge >= 0.3 is 0 Å². The van der Waals surface area contributed by atoms with Crippen molar-refractivity contribution in [3.05, 3.63) is 39.1 Å². The van der Waals surface area contributed by atoms with Crippen molar-refractivity contribution >= 4 is 17.3 Å². The third-order valence-electron chi connectivity index (χ3n) is 1.93. The minimum absolute atomic E-state index is 0.0789. The zero-order valence-corrected chi connectivity index (χ0v) is 9.21. The largest absolute Gasteiger partial charge is 0.377 e. The van der Waals surface area contributed by atoms with Gasteiger partial charge in [-0.1, -0.05) is 16.8 Å². The van der Waals surface area contributed by atoms with E-state index in [0.29, 0.717) is 12.2 Å². The summed E-state index contributed by atoms with van der Waals surface area (Å²) < 4.78 is 4.90. The van der Waals surface area contributed by atoms with E-state index in [1.54, 1.807) is 13.0 Å². The molecule has 0 spiro atoms. The summed E-state index contributed by atoms with van der Waals surface area (Å²) in [5.74, 6) is 0.729. The summed E-state index contributed by atoms with van der Waals surface area (Å²) in [6.07, 6.45) is 1.44. The number of H-pyrrole nitrogens is 1. The van der Waals surface area contributed by atoms with Gasteiger partial charge in [-0.2, -0.15) is 5.10 Å². The summed E-state index contributed by atoms with van der Waals surface area (Å²) in [4.78, 5) is 11.1. The van der Waals surface area contributed by atoms with Crippen LogP contribution in [0.25, 0.3) is 0 Å². The minimum Gasteiger partial charge on any atom is -0.377 e. The van der Waals surface area contributed by atoms with Gasteiger partial charge in [0.15, 0.2) is 0 Å². The first-order chi connectivity index (χ1) is 7.66. The molecule has 0 aliphatic rings. The monoisotopic (exact) mass is 240 g/mol. The Morgan fingerprint density at radius 3 is 3.12 bits per heavy atom. The maximum Gasteiger partial charge on any atom is 0.285 e. The van der Waals surface area contributed by atoms with Gasteiger partial charge in [0.05, 0.1) is 18.4 Å². The van der Waals surface area contributed by atoms with Crippen LogP contribution >= 0.6 is 11.6 Å². The summed E-state index contributed by atoms with van der Waals surface area (Å²) in [5.41, 5.74) is 0.767. The van der Waals surface area contributed by atoms with Crippen LogP contribution in [0.1, 0.15) is 11.5 Å². The van der Waals surface area contributed by atoms with Gasteiger partial charge in [-0.25, -0.2) is 5.10 Å². The lowest BCUT2D eigenvalue weighted by atomic mass is 10.3. The molecule has 0 saturated carbocycles. The SMILES string of the molecule is Cc1cc(CNc2cn[nH]c(=O)c2Cl)no1. The first-order valence-electron chi connectivity index (χ1n) is 4.56. The van der Waals surface area contributed by atoms with Crippen LogP contribution in [-0.2, 0) is 6.54 Å². The number of aromatic amines is 1. The Morgan fingerprint density at radius 1 is 1.62 bits per heavy atom. The number of halogens is 1. The normalized spacial score (nSPS) is 10.4. The van der Waals surface area contributed by atoms with Gasteiger partial charge in [0.2, 0.25) is 0 Å². The molecule has 0 unspecified atom stereocenters. The molecule has 0 bridgehead atoms. The molecule has 7 heteroatoms. The summed E-state index contributed by atoms with van der Waals surface area (Å²) >= 11 is 5.77. The van der Waals surface area contributed by atoms with E-state index < -0.39 is 5.56 Å². The number of aromatic nitrogens is 3. The Morgan fingerprint density at radius 2 is 2.44 bits per heavy atom. The topological polar surface area (TPSA) is 83.8 Å². The second kappa shape index (κ2) is 4.36. The summed E-state index contributed by atoms with van der Waals surface area (Å²) in [6, 6.07) is 1.79. The average molecular weight is 241 g/mol. The molecule has 0 fully saturated rings. The molecule has 2 N–H and O–H groups in total. The molecule has 0 amide bonds. The summed E-state index contributed by atoms with van der Waals surface area (Å²) in [7, 11) is 0. The highest BCUT2D eigenvalue weighted by atomic mass is 35.5. The highest BCUT2D eigenvalue weighted by Gasteiger charge is 2.05. The van der Waals surface area contributed by atoms with E-state index >= 15 is 0 Å². The van der Waals surface area contributed by atoms with Crippen molar-refractivity contribution in [2.75, 3.05) is 5.32 Å². The molecule has 0 aliphatic carbocycles. The Bertz CT molecular complexity index is 548. The number of nitrogens with one attached hydrogen (secondary N) is 2. The lowest BCUT2D eigenvalue weighted by Gasteiger charge is -2.03. The molecular weight excluding hydrogens is 232 g/mol. The molecule has 2 aromatic rings. The minimum atomic E-state index is -0.428. The number of hydrogen-bond donors (Lipinski definition) is 2. The van der Waals surface area contributed by atoms with Gasteiger partial charge in [0, 0.05) is 6.07 Å². The van der Waals surface area contributed by atoms with Crippen LogP contribution in [0, 0.1) is 6.92 Å². The highest BCUT2D eigenvalue weighted by Crippen LogP contribution is 2.15. The Balaban J connectivity index is 2.10. The molecule has 2 heterocycles. The van der Waals surface area contributed by atoms with E-state index in [9.17, 15) is 4.79 Å². The van der Waals surface area contributed by atoms with Crippen molar-refractivity contribution in [1.82, 2.24) is 15.4 Å². The maximum atomic E-state index is 11.1. The van der Waals surface area contributed by atoms with Crippen LogP contribution in [-0.4, -0.2) is 15.4 Å². The van der Waals surface area contributed by atoms with Gasteiger partial charge in [-0.3, -0.25) is 4.79 Å².